The van der Waals surface area contributed by atoms with Gasteiger partial charge >= 0.3 is 0 Å². The van der Waals surface area contributed by atoms with Gasteiger partial charge in [-0.2, -0.15) is 0 Å². The highest BCUT2D eigenvalue weighted by molar-refractivity contribution is 14.0. The molecule has 0 radical (unpaired) electrons. The molecule has 8 heteroatoms. The number of sulfonamides is 1. The van der Waals surface area contributed by atoms with Crippen LogP contribution in [-0.2, 0) is 10.0 Å². The molecule has 0 spiro atoms. The number of rotatable bonds is 6. The molecule has 0 saturated carbocycles. The van der Waals surface area contributed by atoms with Crippen molar-refractivity contribution < 1.29 is 8.42 Å². The summed E-state index contributed by atoms with van der Waals surface area (Å²) < 4.78 is 27.3. The second kappa shape index (κ2) is 10.9. The topological polar surface area (TPSA) is 73.8 Å². The quantitative estimate of drug-likeness (QED) is 0.262. The molecule has 2 aromatic rings. The number of benzene rings is 2. The summed E-state index contributed by atoms with van der Waals surface area (Å²) in [4.78, 5) is 6.87. The summed E-state index contributed by atoms with van der Waals surface area (Å²) >= 11 is 0. The molecule has 2 aromatic carbocycles. The fourth-order valence-electron chi connectivity index (χ4n) is 3.44. The van der Waals surface area contributed by atoms with E-state index < -0.39 is 10.0 Å². The minimum Gasteiger partial charge on any atom is -0.355 e. The Bertz CT molecular complexity index is 902. The molecule has 1 aliphatic heterocycles. The Morgan fingerprint density at radius 1 is 1.10 bits per heavy atom. The average Bonchev–Trinajstić information content (AvgIpc) is 3.19. The minimum atomic E-state index is -3.49. The SMILES string of the molecule is CN=C(NCCNS(=O)(=O)c1ccc(C)cc1)N1CCC(c2ccccc2)C1.I. The van der Waals surface area contributed by atoms with Gasteiger partial charge in [-0.15, -0.1) is 24.0 Å². The largest absolute Gasteiger partial charge is 0.355 e. The predicted molar refractivity (Wildman–Crippen MR) is 129 cm³/mol. The first-order chi connectivity index (χ1) is 13.5. The first-order valence-corrected chi connectivity index (χ1v) is 11.0. The number of nitrogens with zero attached hydrogens (tertiary/aromatic N) is 2. The maximum absolute atomic E-state index is 12.3. The molecular weight excluding hydrogens is 499 g/mol. The summed E-state index contributed by atoms with van der Waals surface area (Å²) in [5.41, 5.74) is 2.38. The lowest BCUT2D eigenvalue weighted by molar-refractivity contribution is 0.486. The van der Waals surface area contributed by atoms with E-state index in [1.807, 2.05) is 13.0 Å². The van der Waals surface area contributed by atoms with Crippen molar-refractivity contribution in [1.82, 2.24) is 14.9 Å². The van der Waals surface area contributed by atoms with E-state index in [-0.39, 0.29) is 28.9 Å². The molecule has 0 bridgehead atoms. The van der Waals surface area contributed by atoms with Gasteiger partial charge in [0.25, 0.3) is 0 Å². The van der Waals surface area contributed by atoms with Crippen LogP contribution in [0.4, 0.5) is 0 Å². The summed E-state index contributed by atoms with van der Waals surface area (Å²) in [6.07, 6.45) is 1.09. The Balaban J connectivity index is 0.00000300. The number of halogens is 1. The van der Waals surface area contributed by atoms with E-state index in [1.165, 1.54) is 5.56 Å². The molecule has 29 heavy (non-hydrogen) atoms. The highest BCUT2D eigenvalue weighted by Gasteiger charge is 2.25. The average molecular weight is 528 g/mol. The number of hydrogen-bond donors (Lipinski definition) is 2. The molecule has 0 aromatic heterocycles. The van der Waals surface area contributed by atoms with Gasteiger partial charge in [0.15, 0.2) is 5.96 Å². The zero-order valence-electron chi connectivity index (χ0n) is 16.8. The van der Waals surface area contributed by atoms with Crippen LogP contribution in [0.3, 0.4) is 0 Å². The fraction of sp³-hybridized carbons (Fsp3) is 0.381. The van der Waals surface area contributed by atoms with E-state index in [4.69, 9.17) is 0 Å². The summed E-state index contributed by atoms with van der Waals surface area (Å²) in [6.45, 7) is 4.56. The zero-order valence-corrected chi connectivity index (χ0v) is 20.0. The van der Waals surface area contributed by atoms with Crippen LogP contribution in [0, 0.1) is 6.92 Å². The number of likely N-dealkylation sites (tertiary alicyclic amines) is 1. The lowest BCUT2D eigenvalue weighted by atomic mass is 9.99. The maximum Gasteiger partial charge on any atom is 0.240 e. The van der Waals surface area contributed by atoms with Gasteiger partial charge in [-0.25, -0.2) is 13.1 Å². The van der Waals surface area contributed by atoms with Crippen molar-refractivity contribution in [3.8, 4) is 0 Å². The summed E-state index contributed by atoms with van der Waals surface area (Å²) in [5, 5.41) is 3.27. The van der Waals surface area contributed by atoms with Crippen molar-refractivity contribution >= 4 is 40.0 Å². The molecular formula is C21H29IN4O2S. The van der Waals surface area contributed by atoms with Crippen LogP contribution >= 0.6 is 24.0 Å². The number of guanidine groups is 1. The van der Waals surface area contributed by atoms with E-state index in [9.17, 15) is 8.42 Å². The second-order valence-corrected chi connectivity index (χ2v) is 8.79. The second-order valence-electron chi connectivity index (χ2n) is 7.03. The molecule has 158 valence electrons. The third-order valence-electron chi connectivity index (χ3n) is 5.00. The number of nitrogens with one attached hydrogen (secondary N) is 2. The van der Waals surface area contributed by atoms with Crippen LogP contribution in [0.25, 0.3) is 0 Å². The first-order valence-electron chi connectivity index (χ1n) is 9.56. The van der Waals surface area contributed by atoms with Gasteiger partial charge < -0.3 is 10.2 Å². The molecule has 1 unspecified atom stereocenters. The Hall–Kier alpha value is -1.65. The molecule has 0 aliphatic carbocycles. The number of aryl methyl sites for hydroxylation is 1. The van der Waals surface area contributed by atoms with Gasteiger partial charge in [0.1, 0.15) is 0 Å². The third kappa shape index (κ3) is 6.42. The van der Waals surface area contributed by atoms with Crippen LogP contribution in [0.5, 0.6) is 0 Å². The number of aliphatic imine (C=N–C) groups is 1. The summed E-state index contributed by atoms with van der Waals surface area (Å²) in [5.74, 6) is 1.31. The minimum absolute atomic E-state index is 0. The Kier molecular flexibility index (Phi) is 8.91. The lowest BCUT2D eigenvalue weighted by Crippen LogP contribution is -2.43. The summed E-state index contributed by atoms with van der Waals surface area (Å²) in [6, 6.07) is 17.4. The lowest BCUT2D eigenvalue weighted by Gasteiger charge is -2.22. The van der Waals surface area contributed by atoms with Gasteiger partial charge in [-0.05, 0) is 31.0 Å². The van der Waals surface area contributed by atoms with Gasteiger partial charge in [0.2, 0.25) is 10.0 Å². The zero-order chi connectivity index (χ0) is 20.0. The van der Waals surface area contributed by atoms with E-state index >= 15 is 0 Å². The standard InChI is InChI=1S/C21H28N4O2S.HI/c1-17-8-10-20(11-9-17)28(26,27)24-14-13-23-21(22-2)25-15-12-19(16-25)18-6-4-3-5-7-18;/h3-11,19,24H,12-16H2,1-2H3,(H,22,23);1H. The molecule has 1 aliphatic rings. The van der Waals surface area contributed by atoms with Crippen LogP contribution in [-0.4, -0.2) is 52.5 Å². The van der Waals surface area contributed by atoms with Gasteiger partial charge in [0.05, 0.1) is 4.90 Å². The van der Waals surface area contributed by atoms with Crippen molar-refractivity contribution in [2.75, 3.05) is 33.2 Å². The highest BCUT2D eigenvalue weighted by Crippen LogP contribution is 2.26. The van der Waals surface area contributed by atoms with Crippen molar-refractivity contribution in [2.45, 2.75) is 24.2 Å². The highest BCUT2D eigenvalue weighted by atomic mass is 127. The van der Waals surface area contributed by atoms with Crippen LogP contribution < -0.4 is 10.0 Å². The summed E-state index contributed by atoms with van der Waals surface area (Å²) in [7, 11) is -1.73. The Morgan fingerprint density at radius 3 is 2.45 bits per heavy atom. The molecule has 0 amide bonds. The molecule has 1 saturated heterocycles. The van der Waals surface area contributed by atoms with Crippen molar-refractivity contribution in [1.29, 1.82) is 0 Å². The van der Waals surface area contributed by atoms with Crippen LogP contribution in [0.15, 0.2) is 64.5 Å². The predicted octanol–water partition coefficient (Wildman–Crippen LogP) is 2.96. The van der Waals surface area contributed by atoms with Crippen LogP contribution in [0.2, 0.25) is 0 Å². The monoisotopic (exact) mass is 528 g/mol. The van der Waals surface area contributed by atoms with E-state index in [0.717, 1.165) is 31.0 Å². The van der Waals surface area contributed by atoms with E-state index in [0.29, 0.717) is 19.0 Å². The molecule has 1 atom stereocenters. The van der Waals surface area contributed by atoms with Crippen molar-refractivity contribution in [3.05, 3.63) is 65.7 Å². The van der Waals surface area contributed by atoms with Gasteiger partial charge in [-0.3, -0.25) is 4.99 Å². The molecule has 2 N–H and O–H groups in total. The van der Waals surface area contributed by atoms with Gasteiger partial charge in [0, 0.05) is 39.1 Å². The van der Waals surface area contributed by atoms with Crippen molar-refractivity contribution in [2.24, 2.45) is 4.99 Å². The normalized spacial score (nSPS) is 17.1. The third-order valence-corrected chi connectivity index (χ3v) is 6.48. The fourth-order valence-corrected chi connectivity index (χ4v) is 4.47. The Morgan fingerprint density at radius 2 is 1.79 bits per heavy atom. The maximum atomic E-state index is 12.3. The number of hydrogen-bond acceptors (Lipinski definition) is 3. The Labute approximate surface area is 190 Å². The van der Waals surface area contributed by atoms with E-state index in [1.54, 1.807) is 31.3 Å². The molecule has 6 nitrogen and oxygen atoms in total. The van der Waals surface area contributed by atoms with Gasteiger partial charge in [-0.1, -0.05) is 48.0 Å². The molecule has 3 rings (SSSR count). The molecule has 1 fully saturated rings. The van der Waals surface area contributed by atoms with Crippen LogP contribution in [0.1, 0.15) is 23.5 Å². The smallest absolute Gasteiger partial charge is 0.240 e. The molecule has 1 heterocycles. The first kappa shape index (κ1) is 23.6. The van der Waals surface area contributed by atoms with E-state index in [2.05, 4.69) is 44.2 Å². The van der Waals surface area contributed by atoms with Crippen molar-refractivity contribution in [3.63, 3.8) is 0 Å².